The Balaban J connectivity index is 2.26. The third-order valence-electron chi connectivity index (χ3n) is 2.04. The summed E-state index contributed by atoms with van der Waals surface area (Å²) in [5.41, 5.74) is 1.66. The second-order valence-electron chi connectivity index (χ2n) is 3.14. The van der Waals surface area contributed by atoms with Crippen molar-refractivity contribution in [1.29, 1.82) is 0 Å². The Labute approximate surface area is 81.1 Å². The monoisotopic (exact) mass is 194 g/mol. The predicted molar refractivity (Wildman–Crippen MR) is 47.4 cm³/mol. The van der Waals surface area contributed by atoms with Crippen LogP contribution >= 0.6 is 0 Å². The van der Waals surface area contributed by atoms with Crippen LogP contribution in [0.25, 0.3) is 0 Å². The van der Waals surface area contributed by atoms with E-state index in [-0.39, 0.29) is 11.7 Å². The molecule has 1 N–H and O–H groups in total. The van der Waals surface area contributed by atoms with Gasteiger partial charge in [0, 0.05) is 12.5 Å². The van der Waals surface area contributed by atoms with E-state index < -0.39 is 6.29 Å². The molecule has 0 radical (unpaired) electrons. The summed E-state index contributed by atoms with van der Waals surface area (Å²) in [4.78, 5) is 10.7. The van der Waals surface area contributed by atoms with E-state index in [0.29, 0.717) is 6.61 Å². The van der Waals surface area contributed by atoms with E-state index in [4.69, 9.17) is 9.47 Å². The maximum atomic E-state index is 10.7. The summed E-state index contributed by atoms with van der Waals surface area (Å²) in [5.74, 6) is -0.188. The van der Waals surface area contributed by atoms with Crippen LogP contribution in [0, 0.1) is 0 Å². The highest BCUT2D eigenvalue weighted by molar-refractivity contribution is 5.66. The molecule has 0 spiro atoms. The molecule has 1 aromatic rings. The SMILES string of the molecule is CC(=O)O[C@@H]1OCc2cc(O)ccc21. The number of rotatable bonds is 1. The zero-order valence-corrected chi connectivity index (χ0v) is 7.69. The molecule has 1 aliphatic rings. The number of carbonyl (C=O) groups excluding carboxylic acids is 1. The Morgan fingerprint density at radius 2 is 2.43 bits per heavy atom. The molecule has 4 nitrogen and oxygen atoms in total. The fourth-order valence-electron chi connectivity index (χ4n) is 1.45. The third kappa shape index (κ3) is 1.56. The lowest BCUT2D eigenvalue weighted by atomic mass is 10.1. The molecule has 0 aliphatic carbocycles. The lowest BCUT2D eigenvalue weighted by molar-refractivity contribution is -0.175. The van der Waals surface area contributed by atoms with Gasteiger partial charge in [0.25, 0.3) is 0 Å². The number of carbonyl (C=O) groups is 1. The van der Waals surface area contributed by atoms with Gasteiger partial charge in [0.15, 0.2) is 0 Å². The Kier molecular flexibility index (Phi) is 2.13. The summed E-state index contributed by atoms with van der Waals surface area (Å²) < 4.78 is 10.2. The summed E-state index contributed by atoms with van der Waals surface area (Å²) in [6.07, 6.45) is -0.622. The number of phenolic OH excluding ortho intramolecular Hbond substituents is 1. The van der Waals surface area contributed by atoms with Crippen LogP contribution in [0.4, 0.5) is 0 Å². The molecule has 0 amide bonds. The Morgan fingerprint density at radius 1 is 1.64 bits per heavy atom. The minimum atomic E-state index is -0.622. The second kappa shape index (κ2) is 3.31. The normalized spacial score (nSPS) is 19.1. The van der Waals surface area contributed by atoms with Gasteiger partial charge in [-0.3, -0.25) is 4.79 Å². The molecule has 0 saturated heterocycles. The van der Waals surface area contributed by atoms with E-state index in [9.17, 15) is 9.90 Å². The van der Waals surface area contributed by atoms with Crippen LogP contribution in [0.15, 0.2) is 18.2 Å². The first-order valence-electron chi connectivity index (χ1n) is 4.27. The van der Waals surface area contributed by atoms with Crippen molar-refractivity contribution in [3.63, 3.8) is 0 Å². The second-order valence-corrected chi connectivity index (χ2v) is 3.14. The van der Waals surface area contributed by atoms with Crippen molar-refractivity contribution in [3.05, 3.63) is 29.3 Å². The number of hydrogen-bond acceptors (Lipinski definition) is 4. The number of fused-ring (bicyclic) bond motifs is 1. The molecule has 0 fully saturated rings. The molecule has 0 unspecified atom stereocenters. The summed E-state index contributed by atoms with van der Waals surface area (Å²) >= 11 is 0. The Morgan fingerprint density at radius 3 is 3.14 bits per heavy atom. The number of benzene rings is 1. The topological polar surface area (TPSA) is 55.8 Å². The summed E-state index contributed by atoms with van der Waals surface area (Å²) in [7, 11) is 0. The van der Waals surface area contributed by atoms with Crippen molar-refractivity contribution in [3.8, 4) is 5.75 Å². The fraction of sp³-hybridized carbons (Fsp3) is 0.300. The van der Waals surface area contributed by atoms with Gasteiger partial charge in [0.1, 0.15) is 5.75 Å². The van der Waals surface area contributed by atoms with Crippen LogP contribution < -0.4 is 0 Å². The molecule has 14 heavy (non-hydrogen) atoms. The Hall–Kier alpha value is -1.55. The van der Waals surface area contributed by atoms with Crippen LogP contribution in [0.2, 0.25) is 0 Å². The van der Waals surface area contributed by atoms with Gasteiger partial charge in [-0.05, 0) is 23.8 Å². The van der Waals surface area contributed by atoms with Crippen molar-refractivity contribution in [2.45, 2.75) is 19.8 Å². The van der Waals surface area contributed by atoms with Crippen molar-refractivity contribution in [1.82, 2.24) is 0 Å². The van der Waals surface area contributed by atoms with Crippen molar-refractivity contribution < 1.29 is 19.4 Å². The first-order chi connectivity index (χ1) is 6.66. The molecular weight excluding hydrogens is 184 g/mol. The van der Waals surface area contributed by atoms with Gasteiger partial charge in [0.2, 0.25) is 6.29 Å². The van der Waals surface area contributed by atoms with Gasteiger partial charge in [-0.2, -0.15) is 0 Å². The number of esters is 1. The zero-order valence-electron chi connectivity index (χ0n) is 7.69. The van der Waals surface area contributed by atoms with Crippen LogP contribution in [0.1, 0.15) is 24.3 Å². The molecular formula is C10H10O4. The largest absolute Gasteiger partial charge is 0.508 e. The van der Waals surface area contributed by atoms with E-state index >= 15 is 0 Å². The van der Waals surface area contributed by atoms with Crippen LogP contribution in [-0.4, -0.2) is 11.1 Å². The minimum absolute atomic E-state index is 0.191. The maximum absolute atomic E-state index is 10.7. The third-order valence-corrected chi connectivity index (χ3v) is 2.04. The van der Waals surface area contributed by atoms with Crippen molar-refractivity contribution in [2.24, 2.45) is 0 Å². The molecule has 1 heterocycles. The first kappa shape index (κ1) is 9.02. The van der Waals surface area contributed by atoms with Crippen molar-refractivity contribution >= 4 is 5.97 Å². The average Bonchev–Trinajstić information content (AvgIpc) is 2.47. The highest BCUT2D eigenvalue weighted by Gasteiger charge is 2.25. The molecule has 0 bridgehead atoms. The molecule has 2 rings (SSSR count). The molecule has 1 aromatic carbocycles. The quantitative estimate of drug-likeness (QED) is 0.688. The number of hydrogen-bond donors (Lipinski definition) is 1. The summed E-state index contributed by atoms with van der Waals surface area (Å²) in [6, 6.07) is 4.86. The number of aromatic hydroxyl groups is 1. The molecule has 1 aliphatic heterocycles. The molecule has 0 aromatic heterocycles. The van der Waals surface area contributed by atoms with Gasteiger partial charge in [-0.25, -0.2) is 0 Å². The molecule has 0 saturated carbocycles. The van der Waals surface area contributed by atoms with E-state index in [2.05, 4.69) is 0 Å². The van der Waals surface area contributed by atoms with E-state index in [1.54, 1.807) is 18.2 Å². The summed E-state index contributed by atoms with van der Waals surface area (Å²) in [5, 5.41) is 9.20. The Bertz CT molecular complexity index is 372. The van der Waals surface area contributed by atoms with Crippen molar-refractivity contribution in [2.75, 3.05) is 0 Å². The molecule has 1 atom stereocenters. The maximum Gasteiger partial charge on any atom is 0.305 e. The van der Waals surface area contributed by atoms with Gasteiger partial charge in [-0.15, -0.1) is 0 Å². The lowest BCUT2D eigenvalue weighted by Crippen LogP contribution is -2.06. The standard InChI is InChI=1S/C10H10O4/c1-6(11)14-10-9-3-2-8(12)4-7(9)5-13-10/h2-4,10,12H,5H2,1H3/t10-/m0/s1. The molecule has 74 valence electrons. The van der Waals surface area contributed by atoms with Crippen LogP contribution in [0.3, 0.4) is 0 Å². The van der Waals surface area contributed by atoms with E-state index in [1.165, 1.54) is 6.92 Å². The lowest BCUT2D eigenvalue weighted by Gasteiger charge is -2.10. The number of ether oxygens (including phenoxy) is 2. The van der Waals surface area contributed by atoms with E-state index in [1.807, 2.05) is 0 Å². The fourth-order valence-corrected chi connectivity index (χ4v) is 1.45. The minimum Gasteiger partial charge on any atom is -0.508 e. The van der Waals surface area contributed by atoms with Crippen LogP contribution in [-0.2, 0) is 20.9 Å². The molecule has 4 heteroatoms. The first-order valence-corrected chi connectivity index (χ1v) is 4.27. The van der Waals surface area contributed by atoms with Gasteiger partial charge in [-0.1, -0.05) is 0 Å². The summed E-state index contributed by atoms with van der Waals surface area (Å²) in [6.45, 7) is 1.70. The highest BCUT2D eigenvalue weighted by atomic mass is 16.7. The zero-order chi connectivity index (χ0) is 10.1. The van der Waals surface area contributed by atoms with E-state index in [0.717, 1.165) is 11.1 Å². The number of phenols is 1. The average molecular weight is 194 g/mol. The smallest absolute Gasteiger partial charge is 0.305 e. The van der Waals surface area contributed by atoms with Gasteiger partial charge >= 0.3 is 5.97 Å². The highest BCUT2D eigenvalue weighted by Crippen LogP contribution is 2.33. The van der Waals surface area contributed by atoms with Gasteiger partial charge in [0.05, 0.1) is 6.61 Å². The van der Waals surface area contributed by atoms with Gasteiger partial charge < -0.3 is 14.6 Å². The van der Waals surface area contributed by atoms with Crippen LogP contribution in [0.5, 0.6) is 5.75 Å². The predicted octanol–water partition coefficient (Wildman–Crippen LogP) is 1.48.